The lowest BCUT2D eigenvalue weighted by atomic mass is 9.88. The van der Waals surface area contributed by atoms with Crippen molar-refractivity contribution in [3.8, 4) is 5.75 Å². The van der Waals surface area contributed by atoms with Crippen LogP contribution in [0.2, 0.25) is 0 Å². The zero-order chi connectivity index (χ0) is 19.8. The average molecular weight is 372 g/mol. The predicted octanol–water partition coefficient (Wildman–Crippen LogP) is 6.00. The van der Waals surface area contributed by atoms with E-state index in [0.717, 1.165) is 18.7 Å². The van der Waals surface area contributed by atoms with E-state index >= 15 is 0 Å². The third-order valence-electron chi connectivity index (χ3n) is 4.77. The summed E-state index contributed by atoms with van der Waals surface area (Å²) in [6, 6.07) is 29.8. The highest BCUT2D eigenvalue weighted by Gasteiger charge is 2.13. The van der Waals surface area contributed by atoms with Gasteiger partial charge in [-0.25, -0.2) is 0 Å². The quantitative estimate of drug-likeness (QED) is 0.451. The molecular formula is C26H29NO. The van der Waals surface area contributed by atoms with Crippen molar-refractivity contribution in [1.82, 2.24) is 4.90 Å². The first kappa shape index (κ1) is 19.9. The highest BCUT2D eigenvalue weighted by Crippen LogP contribution is 2.35. The van der Waals surface area contributed by atoms with Crippen LogP contribution in [0, 0.1) is 0 Å². The Labute approximate surface area is 169 Å². The number of hydrogen-bond acceptors (Lipinski definition) is 2. The van der Waals surface area contributed by atoms with Crippen molar-refractivity contribution >= 4 is 11.1 Å². The number of rotatable bonds is 8. The van der Waals surface area contributed by atoms with Crippen LogP contribution in [0.1, 0.15) is 30.0 Å². The molecule has 0 bridgehead atoms. The number of allylic oxidation sites excluding steroid dienone is 1. The maximum Gasteiger partial charge on any atom is 0.119 e. The van der Waals surface area contributed by atoms with Gasteiger partial charge in [0.1, 0.15) is 12.4 Å². The lowest BCUT2D eigenvalue weighted by molar-refractivity contribution is 0.261. The summed E-state index contributed by atoms with van der Waals surface area (Å²) in [7, 11) is 4.12. The van der Waals surface area contributed by atoms with Crippen molar-refractivity contribution in [2.75, 3.05) is 27.2 Å². The van der Waals surface area contributed by atoms with Gasteiger partial charge >= 0.3 is 0 Å². The van der Waals surface area contributed by atoms with Crippen molar-refractivity contribution in [1.29, 1.82) is 0 Å². The highest BCUT2D eigenvalue weighted by atomic mass is 16.5. The molecule has 3 aromatic rings. The van der Waals surface area contributed by atoms with Crippen LogP contribution in [0.15, 0.2) is 84.9 Å². The first-order valence-corrected chi connectivity index (χ1v) is 9.91. The van der Waals surface area contributed by atoms with E-state index in [1.165, 1.54) is 27.8 Å². The van der Waals surface area contributed by atoms with Crippen LogP contribution in [0.25, 0.3) is 11.1 Å². The van der Waals surface area contributed by atoms with Gasteiger partial charge in [0.25, 0.3) is 0 Å². The fraction of sp³-hybridized carbons (Fsp3) is 0.231. The Kier molecular flexibility index (Phi) is 7.05. The lowest BCUT2D eigenvalue weighted by Gasteiger charge is -2.17. The van der Waals surface area contributed by atoms with Crippen molar-refractivity contribution in [3.63, 3.8) is 0 Å². The number of hydrogen-bond donors (Lipinski definition) is 0. The van der Waals surface area contributed by atoms with E-state index in [1.807, 2.05) is 6.07 Å². The second kappa shape index (κ2) is 9.91. The topological polar surface area (TPSA) is 12.5 Å². The molecule has 0 aliphatic heterocycles. The Morgan fingerprint density at radius 1 is 0.750 bits per heavy atom. The molecule has 2 nitrogen and oxygen atoms in total. The van der Waals surface area contributed by atoms with Crippen LogP contribution in [0.5, 0.6) is 5.75 Å². The van der Waals surface area contributed by atoms with Crippen LogP contribution in [0.4, 0.5) is 0 Å². The zero-order valence-corrected chi connectivity index (χ0v) is 17.1. The molecule has 0 unspecified atom stereocenters. The van der Waals surface area contributed by atoms with Gasteiger partial charge in [-0.05, 0) is 60.5 Å². The second-order valence-electron chi connectivity index (χ2n) is 7.12. The Morgan fingerprint density at radius 2 is 1.32 bits per heavy atom. The van der Waals surface area contributed by atoms with Gasteiger partial charge in [0.2, 0.25) is 0 Å². The van der Waals surface area contributed by atoms with E-state index in [2.05, 4.69) is 105 Å². The summed E-state index contributed by atoms with van der Waals surface area (Å²) in [5, 5.41) is 0. The van der Waals surface area contributed by atoms with Gasteiger partial charge in [-0.2, -0.15) is 0 Å². The SMILES string of the molecule is CCC(=C(c1ccccc1)c1ccccc1)c1cccc(OCCN(C)C)c1. The van der Waals surface area contributed by atoms with Gasteiger partial charge in [-0.15, -0.1) is 0 Å². The summed E-state index contributed by atoms with van der Waals surface area (Å²) in [6.07, 6.45) is 0.945. The Bertz CT molecular complexity index is 856. The van der Waals surface area contributed by atoms with Gasteiger partial charge in [-0.3, -0.25) is 0 Å². The van der Waals surface area contributed by atoms with Crippen LogP contribution in [-0.2, 0) is 0 Å². The van der Waals surface area contributed by atoms with E-state index in [4.69, 9.17) is 4.74 Å². The molecule has 0 aliphatic rings. The van der Waals surface area contributed by atoms with E-state index < -0.39 is 0 Å². The predicted molar refractivity (Wildman–Crippen MR) is 120 cm³/mol. The standard InChI is InChI=1S/C26H29NO/c1-4-25(23-16-11-17-24(20-23)28-19-18-27(2)3)26(21-12-7-5-8-13-21)22-14-9-6-10-15-22/h5-17,20H,4,18-19H2,1-3H3. The van der Waals surface area contributed by atoms with E-state index in [-0.39, 0.29) is 0 Å². The number of likely N-dealkylation sites (N-methyl/N-ethyl adjacent to an activating group) is 1. The molecule has 2 heteroatoms. The van der Waals surface area contributed by atoms with Crippen molar-refractivity contribution < 1.29 is 4.74 Å². The molecule has 0 fully saturated rings. The molecule has 144 valence electrons. The molecule has 0 aliphatic carbocycles. The van der Waals surface area contributed by atoms with Gasteiger partial charge in [0.05, 0.1) is 0 Å². The monoisotopic (exact) mass is 371 g/mol. The molecule has 0 amide bonds. The van der Waals surface area contributed by atoms with Gasteiger partial charge < -0.3 is 9.64 Å². The summed E-state index contributed by atoms with van der Waals surface area (Å²) in [4.78, 5) is 2.13. The molecule has 28 heavy (non-hydrogen) atoms. The molecule has 0 N–H and O–H groups in total. The highest BCUT2D eigenvalue weighted by molar-refractivity contribution is 5.98. The van der Waals surface area contributed by atoms with Crippen LogP contribution in [0.3, 0.4) is 0 Å². The van der Waals surface area contributed by atoms with Crippen LogP contribution >= 0.6 is 0 Å². The number of nitrogens with zero attached hydrogens (tertiary/aromatic N) is 1. The molecular weight excluding hydrogens is 342 g/mol. The number of ether oxygens (including phenoxy) is 1. The fourth-order valence-electron chi connectivity index (χ4n) is 3.37. The maximum atomic E-state index is 5.98. The van der Waals surface area contributed by atoms with Gasteiger partial charge in [-0.1, -0.05) is 79.7 Å². The van der Waals surface area contributed by atoms with Crippen LogP contribution in [-0.4, -0.2) is 32.1 Å². The summed E-state index contributed by atoms with van der Waals surface area (Å²) in [5.74, 6) is 0.922. The third-order valence-corrected chi connectivity index (χ3v) is 4.77. The minimum atomic E-state index is 0.686. The lowest BCUT2D eigenvalue weighted by Crippen LogP contribution is -2.19. The molecule has 3 rings (SSSR count). The average Bonchev–Trinajstić information content (AvgIpc) is 2.73. The van der Waals surface area contributed by atoms with Crippen molar-refractivity contribution in [2.24, 2.45) is 0 Å². The van der Waals surface area contributed by atoms with E-state index in [9.17, 15) is 0 Å². The van der Waals surface area contributed by atoms with E-state index in [0.29, 0.717) is 6.61 Å². The largest absolute Gasteiger partial charge is 0.492 e. The normalized spacial score (nSPS) is 10.7. The molecule has 0 heterocycles. The molecule has 0 spiro atoms. The third kappa shape index (κ3) is 5.11. The zero-order valence-electron chi connectivity index (χ0n) is 17.1. The van der Waals surface area contributed by atoms with Crippen molar-refractivity contribution in [3.05, 3.63) is 102 Å². The first-order valence-electron chi connectivity index (χ1n) is 9.91. The van der Waals surface area contributed by atoms with E-state index in [1.54, 1.807) is 0 Å². The fourth-order valence-corrected chi connectivity index (χ4v) is 3.37. The minimum Gasteiger partial charge on any atom is -0.492 e. The Balaban J connectivity index is 2.05. The van der Waals surface area contributed by atoms with Crippen molar-refractivity contribution in [2.45, 2.75) is 13.3 Å². The molecule has 0 aromatic heterocycles. The molecule has 3 aromatic carbocycles. The molecule has 0 saturated heterocycles. The minimum absolute atomic E-state index is 0.686. The van der Waals surface area contributed by atoms with Gasteiger partial charge in [0, 0.05) is 6.54 Å². The second-order valence-corrected chi connectivity index (χ2v) is 7.12. The first-order chi connectivity index (χ1) is 13.7. The maximum absolute atomic E-state index is 5.98. The van der Waals surface area contributed by atoms with Gasteiger partial charge in [0.15, 0.2) is 0 Å². The Hall–Kier alpha value is -2.84. The smallest absolute Gasteiger partial charge is 0.119 e. The summed E-state index contributed by atoms with van der Waals surface area (Å²) >= 11 is 0. The molecule has 0 saturated carbocycles. The summed E-state index contributed by atoms with van der Waals surface area (Å²) in [5.41, 5.74) is 6.31. The summed E-state index contributed by atoms with van der Waals surface area (Å²) in [6.45, 7) is 3.81. The van der Waals surface area contributed by atoms with Crippen LogP contribution < -0.4 is 4.74 Å². The summed E-state index contributed by atoms with van der Waals surface area (Å²) < 4.78 is 5.98. The number of benzene rings is 3. The molecule has 0 atom stereocenters. The molecule has 0 radical (unpaired) electrons. The Morgan fingerprint density at radius 3 is 1.86 bits per heavy atom.